The SMILES string of the molecule is C[C@H](NC(=O)N[C@H](C)c1ccncc1)c1cccc(N2CCCC2)c1. The highest BCUT2D eigenvalue weighted by molar-refractivity contribution is 5.75. The monoisotopic (exact) mass is 338 g/mol. The summed E-state index contributed by atoms with van der Waals surface area (Å²) in [6.07, 6.45) is 5.98. The molecule has 2 heterocycles. The molecule has 0 spiro atoms. The van der Waals surface area contributed by atoms with Crippen LogP contribution in [-0.2, 0) is 0 Å². The van der Waals surface area contributed by atoms with Crippen molar-refractivity contribution in [1.29, 1.82) is 0 Å². The lowest BCUT2D eigenvalue weighted by atomic mass is 10.1. The molecule has 132 valence electrons. The Morgan fingerprint density at radius 3 is 2.32 bits per heavy atom. The molecular weight excluding hydrogens is 312 g/mol. The predicted octanol–water partition coefficient (Wildman–Crippen LogP) is 3.80. The van der Waals surface area contributed by atoms with Crippen molar-refractivity contribution < 1.29 is 4.79 Å². The lowest BCUT2D eigenvalue weighted by molar-refractivity contribution is 0.235. The quantitative estimate of drug-likeness (QED) is 0.872. The van der Waals surface area contributed by atoms with Gasteiger partial charge in [-0.2, -0.15) is 0 Å². The minimum atomic E-state index is -0.164. The first kappa shape index (κ1) is 17.3. The Bertz CT molecular complexity index is 698. The number of benzene rings is 1. The number of carbonyl (C=O) groups excluding carboxylic acids is 1. The number of pyridine rings is 1. The van der Waals surface area contributed by atoms with E-state index < -0.39 is 0 Å². The van der Waals surface area contributed by atoms with Crippen LogP contribution in [0, 0.1) is 0 Å². The Balaban J connectivity index is 1.59. The number of aromatic nitrogens is 1. The van der Waals surface area contributed by atoms with Gasteiger partial charge >= 0.3 is 6.03 Å². The molecule has 0 radical (unpaired) electrons. The molecule has 2 aromatic rings. The number of amides is 2. The fourth-order valence-corrected chi connectivity index (χ4v) is 3.22. The van der Waals surface area contributed by atoms with Gasteiger partial charge in [0.1, 0.15) is 0 Å². The Morgan fingerprint density at radius 2 is 1.64 bits per heavy atom. The second kappa shape index (κ2) is 8.01. The molecule has 1 aliphatic heterocycles. The zero-order valence-corrected chi connectivity index (χ0v) is 14.9. The minimum Gasteiger partial charge on any atom is -0.372 e. The summed E-state index contributed by atoms with van der Waals surface area (Å²) in [6, 6.07) is 12.0. The van der Waals surface area contributed by atoms with Crippen molar-refractivity contribution in [2.75, 3.05) is 18.0 Å². The summed E-state index contributed by atoms with van der Waals surface area (Å²) in [7, 11) is 0. The number of rotatable bonds is 5. The number of hydrogen-bond donors (Lipinski definition) is 2. The largest absolute Gasteiger partial charge is 0.372 e. The molecule has 0 saturated carbocycles. The van der Waals surface area contributed by atoms with Crippen molar-refractivity contribution in [2.24, 2.45) is 0 Å². The lowest BCUT2D eigenvalue weighted by Gasteiger charge is -2.22. The smallest absolute Gasteiger partial charge is 0.315 e. The van der Waals surface area contributed by atoms with E-state index in [-0.39, 0.29) is 18.1 Å². The van der Waals surface area contributed by atoms with Gasteiger partial charge in [0.15, 0.2) is 0 Å². The molecule has 2 amide bonds. The first-order chi connectivity index (χ1) is 12.1. The zero-order chi connectivity index (χ0) is 17.6. The summed E-state index contributed by atoms with van der Waals surface area (Å²) in [5.74, 6) is 0. The van der Waals surface area contributed by atoms with Gasteiger partial charge in [0, 0.05) is 31.2 Å². The van der Waals surface area contributed by atoms with Crippen LogP contribution in [0.3, 0.4) is 0 Å². The molecule has 25 heavy (non-hydrogen) atoms. The number of nitrogens with one attached hydrogen (secondary N) is 2. The van der Waals surface area contributed by atoms with Crippen LogP contribution >= 0.6 is 0 Å². The maximum Gasteiger partial charge on any atom is 0.315 e. The molecule has 5 heteroatoms. The lowest BCUT2D eigenvalue weighted by Crippen LogP contribution is -2.38. The summed E-state index contributed by atoms with van der Waals surface area (Å²) in [6.45, 7) is 6.22. The van der Waals surface area contributed by atoms with Crippen LogP contribution in [0.5, 0.6) is 0 Å². The molecule has 2 atom stereocenters. The fraction of sp³-hybridized carbons (Fsp3) is 0.400. The van der Waals surface area contributed by atoms with Crippen LogP contribution in [0.1, 0.15) is 49.9 Å². The number of nitrogens with zero attached hydrogens (tertiary/aromatic N) is 2. The fourth-order valence-electron chi connectivity index (χ4n) is 3.22. The Morgan fingerprint density at radius 1 is 1.00 bits per heavy atom. The van der Waals surface area contributed by atoms with Gasteiger partial charge in [-0.15, -0.1) is 0 Å². The third kappa shape index (κ3) is 4.50. The van der Waals surface area contributed by atoms with Crippen molar-refractivity contribution in [1.82, 2.24) is 15.6 Å². The van der Waals surface area contributed by atoms with E-state index in [4.69, 9.17) is 0 Å². The van der Waals surface area contributed by atoms with E-state index in [2.05, 4.69) is 44.8 Å². The maximum absolute atomic E-state index is 12.3. The molecule has 0 unspecified atom stereocenters. The maximum atomic E-state index is 12.3. The number of carbonyl (C=O) groups is 1. The first-order valence-corrected chi connectivity index (χ1v) is 8.95. The first-order valence-electron chi connectivity index (χ1n) is 8.95. The third-order valence-corrected chi connectivity index (χ3v) is 4.74. The van der Waals surface area contributed by atoms with Crippen molar-refractivity contribution >= 4 is 11.7 Å². The molecule has 0 bridgehead atoms. The Hall–Kier alpha value is -2.56. The topological polar surface area (TPSA) is 57.3 Å². The van der Waals surface area contributed by atoms with Crippen LogP contribution < -0.4 is 15.5 Å². The highest BCUT2D eigenvalue weighted by Crippen LogP contribution is 2.24. The molecule has 1 aromatic heterocycles. The number of hydrogen-bond acceptors (Lipinski definition) is 3. The van der Waals surface area contributed by atoms with Gasteiger partial charge in [0.25, 0.3) is 0 Å². The summed E-state index contributed by atoms with van der Waals surface area (Å²) in [5, 5.41) is 6.01. The summed E-state index contributed by atoms with van der Waals surface area (Å²) < 4.78 is 0. The van der Waals surface area contributed by atoms with Crippen molar-refractivity contribution in [3.63, 3.8) is 0 Å². The van der Waals surface area contributed by atoms with Gasteiger partial charge in [-0.1, -0.05) is 12.1 Å². The van der Waals surface area contributed by atoms with Crippen LogP contribution in [0.2, 0.25) is 0 Å². The van der Waals surface area contributed by atoms with Gasteiger partial charge in [0.2, 0.25) is 0 Å². The van der Waals surface area contributed by atoms with Crippen LogP contribution in [0.15, 0.2) is 48.8 Å². The molecule has 5 nitrogen and oxygen atoms in total. The van der Waals surface area contributed by atoms with Crippen molar-refractivity contribution in [3.8, 4) is 0 Å². The Labute approximate surface area is 149 Å². The van der Waals surface area contributed by atoms with Gasteiger partial charge in [0.05, 0.1) is 12.1 Å². The predicted molar refractivity (Wildman–Crippen MR) is 101 cm³/mol. The van der Waals surface area contributed by atoms with Crippen LogP contribution in [-0.4, -0.2) is 24.1 Å². The van der Waals surface area contributed by atoms with E-state index >= 15 is 0 Å². The van der Waals surface area contributed by atoms with Crippen LogP contribution in [0.25, 0.3) is 0 Å². The summed E-state index contributed by atoms with van der Waals surface area (Å²) >= 11 is 0. The standard InChI is InChI=1S/C20H26N4O/c1-15(17-8-10-21-11-9-17)22-20(25)23-16(2)18-6-5-7-19(14-18)24-12-3-4-13-24/h5-11,14-16H,3-4,12-13H2,1-2H3,(H2,22,23,25)/t15-,16+/m1/s1. The average molecular weight is 338 g/mol. The van der Waals surface area contributed by atoms with Gasteiger partial charge in [-0.3, -0.25) is 4.98 Å². The second-order valence-corrected chi connectivity index (χ2v) is 6.63. The molecule has 0 aliphatic carbocycles. The molecule has 2 N–H and O–H groups in total. The van der Waals surface area contributed by atoms with Crippen molar-refractivity contribution in [2.45, 2.75) is 38.8 Å². The van der Waals surface area contributed by atoms with Gasteiger partial charge in [-0.25, -0.2) is 4.79 Å². The van der Waals surface area contributed by atoms with E-state index in [9.17, 15) is 4.79 Å². The van der Waals surface area contributed by atoms with Gasteiger partial charge in [-0.05, 0) is 62.1 Å². The second-order valence-electron chi connectivity index (χ2n) is 6.63. The summed E-state index contributed by atoms with van der Waals surface area (Å²) in [5.41, 5.74) is 3.40. The van der Waals surface area contributed by atoms with Crippen LogP contribution in [0.4, 0.5) is 10.5 Å². The highest BCUT2D eigenvalue weighted by Gasteiger charge is 2.16. The Kier molecular flexibility index (Phi) is 5.53. The van der Waals surface area contributed by atoms with E-state index in [1.807, 2.05) is 26.0 Å². The van der Waals surface area contributed by atoms with E-state index in [1.54, 1.807) is 12.4 Å². The number of urea groups is 1. The normalized spacial score (nSPS) is 16.3. The highest BCUT2D eigenvalue weighted by atomic mass is 16.2. The van der Waals surface area contributed by atoms with E-state index in [0.717, 1.165) is 24.2 Å². The molecule has 1 aliphatic rings. The molecular formula is C20H26N4O. The summed E-state index contributed by atoms with van der Waals surface area (Å²) in [4.78, 5) is 18.7. The molecule has 1 saturated heterocycles. The molecule has 1 fully saturated rings. The molecule has 1 aromatic carbocycles. The molecule has 3 rings (SSSR count). The third-order valence-electron chi connectivity index (χ3n) is 4.74. The average Bonchev–Trinajstić information content (AvgIpc) is 3.17. The van der Waals surface area contributed by atoms with E-state index in [1.165, 1.54) is 18.5 Å². The van der Waals surface area contributed by atoms with Gasteiger partial charge < -0.3 is 15.5 Å². The zero-order valence-electron chi connectivity index (χ0n) is 14.9. The van der Waals surface area contributed by atoms with E-state index in [0.29, 0.717) is 0 Å². The minimum absolute atomic E-state index is 0.0489. The number of anilines is 1. The van der Waals surface area contributed by atoms with Crippen molar-refractivity contribution in [3.05, 3.63) is 59.9 Å².